The Morgan fingerprint density at radius 2 is 0.759 bits per heavy atom. The Hall–Kier alpha value is -5.14. The van der Waals surface area contributed by atoms with Gasteiger partial charge in [0, 0.05) is 19.3 Å². The number of carbonyl (C=O) groups excluding carboxylic acids is 3. The van der Waals surface area contributed by atoms with Crippen molar-refractivity contribution in [1.82, 2.24) is 0 Å². The van der Waals surface area contributed by atoms with E-state index in [2.05, 4.69) is 154 Å². The number of rotatable bonds is 53. The van der Waals surface area contributed by atoms with Crippen LogP contribution in [0.2, 0.25) is 0 Å². The third-order valence-corrected chi connectivity index (χ3v) is 13.7. The second kappa shape index (κ2) is 57.3. The number of carboxylic acids is 1. The van der Waals surface area contributed by atoms with Crippen molar-refractivity contribution in [3.05, 3.63) is 134 Å². The lowest BCUT2D eigenvalue weighted by atomic mass is 9.98. The molecule has 1 fully saturated rings. The average molecular weight is 1160 g/mol. The van der Waals surface area contributed by atoms with E-state index in [-0.39, 0.29) is 25.9 Å². The summed E-state index contributed by atoms with van der Waals surface area (Å²) < 4.78 is 28.5. The minimum absolute atomic E-state index is 0.0209. The van der Waals surface area contributed by atoms with Gasteiger partial charge in [0.1, 0.15) is 18.8 Å². The van der Waals surface area contributed by atoms with Crippen molar-refractivity contribution >= 4 is 23.9 Å². The van der Waals surface area contributed by atoms with E-state index in [1.54, 1.807) is 0 Å². The number of esters is 3. The molecule has 0 aliphatic carbocycles. The van der Waals surface area contributed by atoms with Crippen LogP contribution in [0.5, 0.6) is 0 Å². The molecule has 468 valence electrons. The van der Waals surface area contributed by atoms with Gasteiger partial charge in [-0.15, -0.1) is 0 Å². The molecule has 0 aromatic rings. The minimum Gasteiger partial charge on any atom is -0.479 e. The van der Waals surface area contributed by atoms with Gasteiger partial charge in [-0.3, -0.25) is 14.4 Å². The fourth-order valence-electron chi connectivity index (χ4n) is 8.83. The molecule has 0 saturated carbocycles. The van der Waals surface area contributed by atoms with E-state index in [1.807, 2.05) is 0 Å². The Morgan fingerprint density at radius 3 is 1.17 bits per heavy atom. The summed E-state index contributed by atoms with van der Waals surface area (Å²) in [5, 5.41) is 31.6. The quantitative estimate of drug-likeness (QED) is 0.0228. The SMILES string of the molecule is CC/C=C\C/C=C\C/C=C\C/C=C\C/C=C\CCCCCC(=O)OCC(COC1OC(C(=O)O)C(O)C(O)C1OC(=O)CCCCCC/C=C\C/C=C\C/C=C\C/C=C\CC)OC(=O)CCCCCCCCC/C=C\C/C=C\CCCCC. The second-order valence-electron chi connectivity index (χ2n) is 21.3. The van der Waals surface area contributed by atoms with Gasteiger partial charge < -0.3 is 39.0 Å². The predicted octanol–water partition coefficient (Wildman–Crippen LogP) is 17.3. The second-order valence-corrected chi connectivity index (χ2v) is 21.3. The summed E-state index contributed by atoms with van der Waals surface area (Å²) in [4.78, 5) is 51.3. The number of aliphatic hydroxyl groups is 2. The molecule has 1 rings (SSSR count). The number of carbonyl (C=O) groups is 4. The molecular formula is C71H112O12. The van der Waals surface area contributed by atoms with Gasteiger partial charge in [0.15, 0.2) is 24.6 Å². The van der Waals surface area contributed by atoms with Gasteiger partial charge in [0.2, 0.25) is 0 Å². The van der Waals surface area contributed by atoms with Gasteiger partial charge in [-0.2, -0.15) is 0 Å². The molecule has 1 heterocycles. The summed E-state index contributed by atoms with van der Waals surface area (Å²) in [5.41, 5.74) is 0. The highest BCUT2D eigenvalue weighted by Crippen LogP contribution is 2.26. The molecule has 0 amide bonds. The summed E-state index contributed by atoms with van der Waals surface area (Å²) in [7, 11) is 0. The molecule has 3 N–H and O–H groups in total. The first-order valence-corrected chi connectivity index (χ1v) is 32.2. The molecular weight excluding hydrogens is 1040 g/mol. The average Bonchev–Trinajstić information content (AvgIpc) is 3.59. The topological polar surface area (TPSA) is 175 Å². The van der Waals surface area contributed by atoms with Crippen LogP contribution < -0.4 is 0 Å². The molecule has 0 radical (unpaired) electrons. The zero-order valence-electron chi connectivity index (χ0n) is 51.6. The molecule has 0 aromatic heterocycles. The molecule has 83 heavy (non-hydrogen) atoms. The highest BCUT2D eigenvalue weighted by molar-refractivity contribution is 5.74. The van der Waals surface area contributed by atoms with Crippen LogP contribution in [-0.4, -0.2) is 89.2 Å². The zero-order valence-corrected chi connectivity index (χ0v) is 51.6. The maximum Gasteiger partial charge on any atom is 0.335 e. The van der Waals surface area contributed by atoms with Gasteiger partial charge in [0.05, 0.1) is 6.61 Å². The van der Waals surface area contributed by atoms with Crippen molar-refractivity contribution < 1.29 is 58.2 Å². The zero-order chi connectivity index (χ0) is 60.3. The molecule has 12 heteroatoms. The van der Waals surface area contributed by atoms with Crippen molar-refractivity contribution in [2.45, 2.75) is 276 Å². The molecule has 0 spiro atoms. The van der Waals surface area contributed by atoms with Gasteiger partial charge in [-0.1, -0.05) is 219 Å². The number of ether oxygens (including phenoxy) is 5. The van der Waals surface area contributed by atoms with E-state index >= 15 is 0 Å². The molecule has 12 nitrogen and oxygen atoms in total. The molecule has 6 unspecified atom stereocenters. The van der Waals surface area contributed by atoms with Gasteiger partial charge in [-0.05, 0) is 135 Å². The summed E-state index contributed by atoms with van der Waals surface area (Å²) in [6, 6.07) is 0. The van der Waals surface area contributed by atoms with Crippen molar-refractivity contribution in [2.75, 3.05) is 13.2 Å². The third kappa shape index (κ3) is 46.9. The molecule has 0 aromatic carbocycles. The van der Waals surface area contributed by atoms with Crippen molar-refractivity contribution in [1.29, 1.82) is 0 Å². The van der Waals surface area contributed by atoms with Crippen molar-refractivity contribution in [2.24, 2.45) is 0 Å². The first kappa shape index (κ1) is 75.9. The molecule has 1 aliphatic heterocycles. The number of aliphatic carboxylic acids is 1. The number of carboxylic acid groups (broad SMARTS) is 1. The number of unbranched alkanes of at least 4 members (excludes halogenated alkanes) is 17. The van der Waals surface area contributed by atoms with E-state index < -0.39 is 67.3 Å². The van der Waals surface area contributed by atoms with Crippen molar-refractivity contribution in [3.63, 3.8) is 0 Å². The highest BCUT2D eigenvalue weighted by atomic mass is 16.7. The Bertz CT molecular complexity index is 1950. The fourth-order valence-corrected chi connectivity index (χ4v) is 8.83. The first-order chi connectivity index (χ1) is 40.6. The summed E-state index contributed by atoms with van der Waals surface area (Å²) in [6.45, 7) is 5.70. The number of hydrogen-bond acceptors (Lipinski definition) is 11. The van der Waals surface area contributed by atoms with Crippen LogP contribution in [-0.2, 0) is 42.9 Å². The number of allylic oxidation sites excluding steroid dienone is 22. The molecule has 1 saturated heterocycles. The molecule has 6 atom stereocenters. The Labute approximate surface area is 502 Å². The lowest BCUT2D eigenvalue weighted by Gasteiger charge is -2.40. The monoisotopic (exact) mass is 1160 g/mol. The summed E-state index contributed by atoms with van der Waals surface area (Å²) >= 11 is 0. The van der Waals surface area contributed by atoms with E-state index in [1.165, 1.54) is 19.3 Å². The van der Waals surface area contributed by atoms with Gasteiger partial charge >= 0.3 is 23.9 Å². The van der Waals surface area contributed by atoms with Crippen LogP contribution >= 0.6 is 0 Å². The predicted molar refractivity (Wildman–Crippen MR) is 340 cm³/mol. The highest BCUT2D eigenvalue weighted by Gasteiger charge is 2.50. The van der Waals surface area contributed by atoms with Crippen molar-refractivity contribution in [3.8, 4) is 0 Å². The van der Waals surface area contributed by atoms with Crippen LogP contribution in [0.15, 0.2) is 134 Å². The Balaban J connectivity index is 2.72. The van der Waals surface area contributed by atoms with E-state index in [0.717, 1.165) is 161 Å². The van der Waals surface area contributed by atoms with Gasteiger partial charge in [-0.25, -0.2) is 4.79 Å². The van der Waals surface area contributed by atoms with Crippen LogP contribution in [0.1, 0.15) is 239 Å². The standard InChI is InChI=1S/C71H112O12/c1-4-7-10-13-16-19-22-25-28-31-32-35-36-39-42-45-48-51-54-57-63(72)79-60-62(81-64(73)58-55-52-49-46-43-40-37-33-29-26-23-20-17-14-11-8-5-2)61-80-71-69(67(76)66(75)68(83-71)70(77)78)82-65(74)59-56-53-50-47-44-41-38-34-30-27-24-21-18-15-12-9-6-3/h7,9-10,12,16-21,25-30,32,35,38-39,41-42,62,66-69,71,75-76H,4-6,8,11,13-15,22-24,31,33-34,36-37,40,43-61H2,1-3H3,(H,77,78)/b10-7-,12-9-,19-16-,20-17-,21-18-,28-25-,29-26-,30-27-,35-32-,41-38-,42-39-. The summed E-state index contributed by atoms with van der Waals surface area (Å²) in [6.07, 6.45) is 68.3. The smallest absolute Gasteiger partial charge is 0.335 e. The van der Waals surface area contributed by atoms with E-state index in [0.29, 0.717) is 19.3 Å². The third-order valence-electron chi connectivity index (χ3n) is 13.7. The van der Waals surface area contributed by atoms with Gasteiger partial charge in [0.25, 0.3) is 0 Å². The van der Waals surface area contributed by atoms with Crippen LogP contribution in [0.3, 0.4) is 0 Å². The number of aliphatic hydroxyl groups excluding tert-OH is 2. The summed E-state index contributed by atoms with van der Waals surface area (Å²) in [5.74, 6) is -3.22. The molecule has 1 aliphatic rings. The van der Waals surface area contributed by atoms with Crippen LogP contribution in [0.25, 0.3) is 0 Å². The Morgan fingerprint density at radius 1 is 0.410 bits per heavy atom. The van der Waals surface area contributed by atoms with E-state index in [9.17, 15) is 34.5 Å². The maximum atomic E-state index is 13.2. The lowest BCUT2D eigenvalue weighted by Crippen LogP contribution is -2.61. The fraction of sp³-hybridized carbons (Fsp3) is 0.634. The first-order valence-electron chi connectivity index (χ1n) is 32.2. The number of hydrogen-bond donors (Lipinski definition) is 3. The van der Waals surface area contributed by atoms with Crippen LogP contribution in [0, 0.1) is 0 Å². The minimum atomic E-state index is -1.93. The Kier molecular flexibility index (Phi) is 52.4. The van der Waals surface area contributed by atoms with E-state index in [4.69, 9.17) is 23.7 Å². The lowest BCUT2D eigenvalue weighted by molar-refractivity contribution is -0.301. The maximum absolute atomic E-state index is 13.2. The normalized spacial score (nSPS) is 18.5. The molecule has 0 bridgehead atoms. The largest absolute Gasteiger partial charge is 0.479 e. The van der Waals surface area contributed by atoms with Crippen LogP contribution in [0.4, 0.5) is 0 Å².